The van der Waals surface area contributed by atoms with Crippen LogP contribution in [-0.2, 0) is 35.2 Å². The van der Waals surface area contributed by atoms with Gasteiger partial charge in [-0.05, 0) is 18.7 Å². The second kappa shape index (κ2) is 6.68. The molecule has 1 rings (SSSR count). The predicted molar refractivity (Wildman–Crippen MR) is 78.7 cm³/mol. The van der Waals surface area contributed by atoms with Crippen LogP contribution >= 0.6 is 17.1 Å². The first-order chi connectivity index (χ1) is 8.67. The number of hydrogen-bond donors (Lipinski definition) is 0. The number of ketones is 1. The Bertz CT molecular complexity index is 396. The maximum Gasteiger partial charge on any atom is 0.307 e. The van der Waals surface area contributed by atoms with Crippen molar-refractivity contribution >= 4 is 40.6 Å². The van der Waals surface area contributed by atoms with Crippen molar-refractivity contribution in [3.63, 3.8) is 0 Å². The maximum absolute atomic E-state index is 11.6. The number of Topliss-reactive ketones (excluding diaryl/α,β-unsaturated/α-hetero) is 1. The van der Waals surface area contributed by atoms with E-state index >= 15 is 0 Å². The molecule has 1 heterocycles. The van der Waals surface area contributed by atoms with Gasteiger partial charge in [0, 0.05) is 5.41 Å². The largest absolute Gasteiger partial charge is 0.469 e. The van der Waals surface area contributed by atoms with Gasteiger partial charge < -0.3 is 13.8 Å². The molecule has 0 aromatic heterocycles. The molecule has 0 bridgehead atoms. The van der Waals surface area contributed by atoms with E-state index in [2.05, 4.69) is 4.74 Å². The summed E-state index contributed by atoms with van der Waals surface area (Å²) in [4.78, 5) is 22.9. The van der Waals surface area contributed by atoms with Crippen molar-refractivity contribution in [1.29, 1.82) is 0 Å². The smallest absolute Gasteiger partial charge is 0.307 e. The summed E-state index contributed by atoms with van der Waals surface area (Å²) in [7, 11) is 1.29. The van der Waals surface area contributed by atoms with Gasteiger partial charge >= 0.3 is 5.97 Å². The van der Waals surface area contributed by atoms with Crippen LogP contribution in [0.4, 0.5) is 0 Å². The van der Waals surface area contributed by atoms with E-state index in [9.17, 15) is 9.59 Å². The van der Waals surface area contributed by atoms with Crippen LogP contribution in [0, 0.1) is 5.41 Å². The van der Waals surface area contributed by atoms with Gasteiger partial charge in [0.25, 0.3) is 0 Å². The standard InChI is InChI=1S/C11H19O5PS2/c1-8(12)9(5-10(13)14-4)19-17(18)15-6-11(2,3)7-16-17/h9H,5-7H2,1-4H3. The molecule has 0 N–H and O–H groups in total. The third-order valence-corrected chi connectivity index (χ3v) is 8.00. The molecule has 1 aliphatic rings. The number of carbonyl (C=O) groups is 2. The summed E-state index contributed by atoms with van der Waals surface area (Å²) in [6.45, 7) is 6.47. The fourth-order valence-electron chi connectivity index (χ4n) is 1.29. The lowest BCUT2D eigenvalue weighted by Crippen LogP contribution is -2.29. The second-order valence-electron chi connectivity index (χ2n) is 5.14. The summed E-state index contributed by atoms with van der Waals surface area (Å²) in [5.41, 5.74) is -2.62. The van der Waals surface area contributed by atoms with Crippen LogP contribution in [0.25, 0.3) is 0 Å². The maximum atomic E-state index is 11.6. The molecule has 0 aromatic rings. The minimum atomic E-state index is -2.55. The first-order valence-corrected chi connectivity index (χ1v) is 9.94. The summed E-state index contributed by atoms with van der Waals surface area (Å²) >= 11 is 6.52. The molecule has 1 fully saturated rings. The first kappa shape index (κ1) is 17.1. The monoisotopic (exact) mass is 326 g/mol. The van der Waals surface area contributed by atoms with Crippen molar-refractivity contribution in [2.45, 2.75) is 32.4 Å². The molecule has 1 atom stereocenters. The van der Waals surface area contributed by atoms with Crippen molar-refractivity contribution in [1.82, 2.24) is 0 Å². The van der Waals surface area contributed by atoms with Crippen LogP contribution in [0.1, 0.15) is 27.2 Å². The van der Waals surface area contributed by atoms with Crippen LogP contribution in [0.2, 0.25) is 0 Å². The van der Waals surface area contributed by atoms with Gasteiger partial charge in [0.15, 0.2) is 0 Å². The van der Waals surface area contributed by atoms with E-state index in [1.54, 1.807) is 0 Å². The zero-order valence-electron chi connectivity index (χ0n) is 11.5. The molecule has 1 aliphatic heterocycles. The average Bonchev–Trinajstić information content (AvgIpc) is 2.32. The highest BCUT2D eigenvalue weighted by atomic mass is 32.9. The zero-order valence-corrected chi connectivity index (χ0v) is 14.0. The molecule has 0 spiro atoms. The number of hydrogen-bond acceptors (Lipinski definition) is 7. The Morgan fingerprint density at radius 3 is 2.37 bits per heavy atom. The molecule has 0 aliphatic carbocycles. The van der Waals surface area contributed by atoms with Gasteiger partial charge in [-0.25, -0.2) is 0 Å². The van der Waals surface area contributed by atoms with Crippen molar-refractivity contribution in [3.05, 3.63) is 0 Å². The van der Waals surface area contributed by atoms with Gasteiger partial charge in [-0.2, -0.15) is 0 Å². The van der Waals surface area contributed by atoms with Gasteiger partial charge in [-0.15, -0.1) is 0 Å². The second-order valence-corrected chi connectivity index (χ2v) is 11.5. The van der Waals surface area contributed by atoms with E-state index in [1.165, 1.54) is 14.0 Å². The highest BCUT2D eigenvalue weighted by molar-refractivity contribution is 8.68. The lowest BCUT2D eigenvalue weighted by atomic mass is 9.97. The minimum Gasteiger partial charge on any atom is -0.469 e. The Kier molecular flexibility index (Phi) is 6.01. The molecule has 110 valence electrons. The minimum absolute atomic E-state index is 0.00893. The number of rotatable bonds is 5. The number of methoxy groups -OCH3 is 1. The molecule has 5 nitrogen and oxygen atoms in total. The van der Waals surface area contributed by atoms with Crippen molar-refractivity contribution in [2.24, 2.45) is 5.41 Å². The molecular weight excluding hydrogens is 307 g/mol. The van der Waals surface area contributed by atoms with E-state index < -0.39 is 16.9 Å². The van der Waals surface area contributed by atoms with Crippen LogP contribution in [0.5, 0.6) is 0 Å². The van der Waals surface area contributed by atoms with Gasteiger partial charge in [-0.1, -0.05) is 25.2 Å². The van der Waals surface area contributed by atoms with E-state index in [0.29, 0.717) is 13.2 Å². The van der Waals surface area contributed by atoms with E-state index in [0.717, 1.165) is 11.4 Å². The normalized spacial score (nSPS) is 22.5. The SMILES string of the molecule is COC(=O)CC(SP1(=S)OCC(C)(C)CO1)C(C)=O. The lowest BCUT2D eigenvalue weighted by molar-refractivity contribution is -0.141. The fraction of sp³-hybridized carbons (Fsp3) is 0.818. The van der Waals surface area contributed by atoms with Crippen LogP contribution in [-0.4, -0.2) is 37.3 Å². The van der Waals surface area contributed by atoms with E-state index in [1.807, 2.05) is 13.8 Å². The molecule has 1 unspecified atom stereocenters. The molecule has 0 amide bonds. The van der Waals surface area contributed by atoms with Crippen molar-refractivity contribution in [2.75, 3.05) is 20.3 Å². The molecule has 8 heteroatoms. The predicted octanol–water partition coefficient (Wildman–Crippen LogP) is 2.54. The highest BCUT2D eigenvalue weighted by Gasteiger charge is 2.37. The number of esters is 1. The molecule has 19 heavy (non-hydrogen) atoms. The first-order valence-electron chi connectivity index (χ1n) is 5.82. The van der Waals surface area contributed by atoms with Gasteiger partial charge in [0.05, 0.1) is 32.0 Å². The summed E-state index contributed by atoms with van der Waals surface area (Å²) < 4.78 is 15.9. The van der Waals surface area contributed by atoms with Crippen LogP contribution < -0.4 is 0 Å². The molecule has 0 aromatic carbocycles. The third-order valence-electron chi connectivity index (χ3n) is 2.52. The van der Waals surface area contributed by atoms with Gasteiger partial charge in [0.1, 0.15) is 5.78 Å². The Hall–Kier alpha value is 0.0600. The molecule has 0 saturated carbocycles. The van der Waals surface area contributed by atoms with E-state index in [4.69, 9.17) is 20.9 Å². The highest BCUT2D eigenvalue weighted by Crippen LogP contribution is 2.66. The Morgan fingerprint density at radius 1 is 1.42 bits per heavy atom. The van der Waals surface area contributed by atoms with E-state index in [-0.39, 0.29) is 17.6 Å². The Morgan fingerprint density at radius 2 is 1.95 bits per heavy atom. The topological polar surface area (TPSA) is 61.8 Å². The Balaban J connectivity index is 2.67. The molecular formula is C11H19O5PS2. The summed E-state index contributed by atoms with van der Waals surface area (Å²) in [6.07, 6.45) is -0.00893. The summed E-state index contributed by atoms with van der Waals surface area (Å²) in [6, 6.07) is 0. The lowest BCUT2D eigenvalue weighted by Gasteiger charge is -2.36. The third kappa shape index (κ3) is 5.52. The quantitative estimate of drug-likeness (QED) is 0.568. The average molecular weight is 326 g/mol. The Labute approximate surface area is 122 Å². The summed E-state index contributed by atoms with van der Waals surface area (Å²) in [5.74, 6) is -0.566. The summed E-state index contributed by atoms with van der Waals surface area (Å²) in [5, 5.41) is -0.570. The molecule has 0 radical (unpaired) electrons. The fourth-order valence-corrected chi connectivity index (χ4v) is 6.71. The van der Waals surface area contributed by atoms with Gasteiger partial charge in [-0.3, -0.25) is 9.59 Å². The van der Waals surface area contributed by atoms with Crippen LogP contribution in [0.15, 0.2) is 0 Å². The van der Waals surface area contributed by atoms with Crippen molar-refractivity contribution < 1.29 is 23.4 Å². The van der Waals surface area contributed by atoms with Crippen molar-refractivity contribution in [3.8, 4) is 0 Å². The van der Waals surface area contributed by atoms with Crippen LogP contribution in [0.3, 0.4) is 0 Å². The number of ether oxygens (including phenoxy) is 1. The van der Waals surface area contributed by atoms with Gasteiger partial charge in [0.2, 0.25) is 5.69 Å². The zero-order chi connectivity index (χ0) is 14.7. The number of carbonyl (C=O) groups excluding carboxylic acids is 2. The molecule has 1 saturated heterocycles.